The summed E-state index contributed by atoms with van der Waals surface area (Å²) in [5, 5.41) is 2.92. The molecule has 5 heteroatoms. The number of aryl methyl sites for hydroxylation is 2. The molecule has 0 aromatic heterocycles. The van der Waals surface area contributed by atoms with Gasteiger partial charge in [-0.15, -0.1) is 0 Å². The molecule has 0 saturated carbocycles. The van der Waals surface area contributed by atoms with Gasteiger partial charge in [0, 0.05) is 5.69 Å². The molecule has 0 radical (unpaired) electrons. The molecule has 0 bridgehead atoms. The number of para-hydroxylation sites is 1. The van der Waals surface area contributed by atoms with Gasteiger partial charge in [0.25, 0.3) is 0 Å². The van der Waals surface area contributed by atoms with Crippen molar-refractivity contribution in [3.8, 4) is 0 Å². The number of nitrogens with one attached hydrogen (secondary N) is 1. The number of carbonyl (C=O) groups excluding carboxylic acids is 2. The number of benzene rings is 1. The fraction of sp³-hybridized carbons (Fsp3) is 0.500. The van der Waals surface area contributed by atoms with Crippen LogP contribution in [0.25, 0.3) is 0 Å². The van der Waals surface area contributed by atoms with Gasteiger partial charge in [0.15, 0.2) is 0 Å². The van der Waals surface area contributed by atoms with Crippen molar-refractivity contribution in [3.05, 3.63) is 29.3 Å². The first-order valence-corrected chi connectivity index (χ1v) is 7.22. The van der Waals surface area contributed by atoms with E-state index in [4.69, 9.17) is 4.74 Å². The lowest BCUT2D eigenvalue weighted by molar-refractivity contribution is -0.144. The van der Waals surface area contributed by atoms with Gasteiger partial charge in [-0.3, -0.25) is 14.5 Å². The molecule has 5 nitrogen and oxygen atoms in total. The van der Waals surface area contributed by atoms with E-state index in [1.165, 1.54) is 0 Å². The van der Waals surface area contributed by atoms with Crippen LogP contribution in [0.3, 0.4) is 0 Å². The molecule has 1 amide bonds. The van der Waals surface area contributed by atoms with Crippen LogP contribution in [-0.4, -0.2) is 43.0 Å². The minimum Gasteiger partial charge on any atom is -0.465 e. The molecule has 0 aliphatic heterocycles. The number of likely N-dealkylation sites (N-methyl/N-ethyl adjacent to an activating group) is 1. The summed E-state index contributed by atoms with van der Waals surface area (Å²) < 4.78 is 4.90. The number of rotatable bonds is 7. The number of ether oxygens (including phenoxy) is 1. The maximum atomic E-state index is 12.1. The van der Waals surface area contributed by atoms with Gasteiger partial charge in [-0.25, -0.2) is 0 Å². The number of carbonyl (C=O) groups is 2. The lowest BCUT2D eigenvalue weighted by atomic mass is 10.1. The van der Waals surface area contributed by atoms with E-state index < -0.39 is 0 Å². The van der Waals surface area contributed by atoms with Gasteiger partial charge in [0.2, 0.25) is 5.91 Å². The Morgan fingerprint density at radius 3 is 2.29 bits per heavy atom. The second kappa shape index (κ2) is 8.42. The van der Waals surface area contributed by atoms with Gasteiger partial charge in [0.05, 0.1) is 19.7 Å². The molecular weight excluding hydrogens is 268 g/mol. The smallest absolute Gasteiger partial charge is 0.320 e. The number of esters is 1. The number of hydrogen-bond donors (Lipinski definition) is 1. The molecule has 1 aromatic carbocycles. The van der Waals surface area contributed by atoms with Crippen molar-refractivity contribution in [3.63, 3.8) is 0 Å². The third-order valence-electron chi connectivity index (χ3n) is 3.22. The minimum absolute atomic E-state index is 0.126. The molecule has 1 N–H and O–H groups in total. The van der Waals surface area contributed by atoms with E-state index in [2.05, 4.69) is 5.32 Å². The SMILES string of the molecule is CCOC(=O)CN(CC)CC(=O)Nc1c(C)cccc1C. The first-order valence-electron chi connectivity index (χ1n) is 7.22. The van der Waals surface area contributed by atoms with E-state index in [-0.39, 0.29) is 25.0 Å². The largest absolute Gasteiger partial charge is 0.465 e. The van der Waals surface area contributed by atoms with Crippen LogP contribution in [0.5, 0.6) is 0 Å². The Bertz CT molecular complexity index is 480. The zero-order valence-corrected chi connectivity index (χ0v) is 13.2. The summed E-state index contributed by atoms with van der Waals surface area (Å²) in [6.45, 7) is 8.85. The molecule has 0 unspecified atom stereocenters. The van der Waals surface area contributed by atoms with Crippen molar-refractivity contribution >= 4 is 17.6 Å². The molecule has 0 saturated heterocycles. The topological polar surface area (TPSA) is 58.6 Å². The molecule has 1 aromatic rings. The van der Waals surface area contributed by atoms with E-state index in [0.29, 0.717) is 13.2 Å². The van der Waals surface area contributed by atoms with Crippen LogP contribution >= 0.6 is 0 Å². The quantitative estimate of drug-likeness (QED) is 0.782. The predicted octanol–water partition coefficient (Wildman–Crippen LogP) is 2.13. The van der Waals surface area contributed by atoms with E-state index in [9.17, 15) is 9.59 Å². The molecule has 116 valence electrons. The summed E-state index contributed by atoms with van der Waals surface area (Å²) >= 11 is 0. The number of nitrogens with zero attached hydrogens (tertiary/aromatic N) is 1. The average Bonchev–Trinajstić information content (AvgIpc) is 2.42. The van der Waals surface area contributed by atoms with Crippen LogP contribution in [0, 0.1) is 13.8 Å². The van der Waals surface area contributed by atoms with Crippen LogP contribution in [0.4, 0.5) is 5.69 Å². The molecule has 0 aliphatic carbocycles. The maximum Gasteiger partial charge on any atom is 0.320 e. The lowest BCUT2D eigenvalue weighted by Gasteiger charge is -2.19. The van der Waals surface area contributed by atoms with Gasteiger partial charge in [-0.05, 0) is 38.4 Å². The second-order valence-corrected chi connectivity index (χ2v) is 4.92. The van der Waals surface area contributed by atoms with Crippen molar-refractivity contribution < 1.29 is 14.3 Å². The van der Waals surface area contributed by atoms with Crippen molar-refractivity contribution in [2.45, 2.75) is 27.7 Å². The minimum atomic E-state index is -0.306. The normalized spacial score (nSPS) is 10.5. The molecule has 0 aliphatic rings. The highest BCUT2D eigenvalue weighted by Gasteiger charge is 2.14. The van der Waals surface area contributed by atoms with Gasteiger partial charge >= 0.3 is 5.97 Å². The van der Waals surface area contributed by atoms with E-state index in [1.54, 1.807) is 11.8 Å². The molecule has 21 heavy (non-hydrogen) atoms. The molecule has 0 heterocycles. The summed E-state index contributed by atoms with van der Waals surface area (Å²) in [5.41, 5.74) is 2.89. The summed E-state index contributed by atoms with van der Waals surface area (Å²) in [6, 6.07) is 5.87. The van der Waals surface area contributed by atoms with Crippen LogP contribution < -0.4 is 5.32 Å². The third-order valence-corrected chi connectivity index (χ3v) is 3.22. The van der Waals surface area contributed by atoms with Crippen molar-refractivity contribution in [2.24, 2.45) is 0 Å². The van der Waals surface area contributed by atoms with Gasteiger partial charge < -0.3 is 10.1 Å². The standard InChI is InChI=1S/C16H24N2O3/c1-5-18(11-15(20)21-6-2)10-14(19)17-16-12(3)8-7-9-13(16)4/h7-9H,5-6,10-11H2,1-4H3,(H,17,19). The van der Waals surface area contributed by atoms with Crippen molar-refractivity contribution in [2.75, 3.05) is 31.6 Å². The van der Waals surface area contributed by atoms with Gasteiger partial charge in [-0.1, -0.05) is 25.1 Å². The third kappa shape index (κ3) is 5.55. The Morgan fingerprint density at radius 2 is 1.76 bits per heavy atom. The fourth-order valence-corrected chi connectivity index (χ4v) is 2.06. The van der Waals surface area contributed by atoms with E-state index in [1.807, 2.05) is 39.0 Å². The zero-order chi connectivity index (χ0) is 15.8. The first kappa shape index (κ1) is 17.2. The predicted molar refractivity (Wildman–Crippen MR) is 83.3 cm³/mol. The Labute approximate surface area is 126 Å². The second-order valence-electron chi connectivity index (χ2n) is 4.92. The highest BCUT2D eigenvalue weighted by molar-refractivity contribution is 5.94. The zero-order valence-electron chi connectivity index (χ0n) is 13.2. The van der Waals surface area contributed by atoms with Gasteiger partial charge in [-0.2, -0.15) is 0 Å². The summed E-state index contributed by atoms with van der Waals surface area (Å²) in [6.07, 6.45) is 0. The van der Waals surface area contributed by atoms with E-state index >= 15 is 0 Å². The van der Waals surface area contributed by atoms with Gasteiger partial charge in [0.1, 0.15) is 0 Å². The molecule has 0 spiro atoms. The van der Waals surface area contributed by atoms with Crippen LogP contribution in [0.15, 0.2) is 18.2 Å². The number of anilines is 1. The van der Waals surface area contributed by atoms with Crippen LogP contribution in [0.1, 0.15) is 25.0 Å². The first-order chi connectivity index (χ1) is 9.97. The number of hydrogen-bond acceptors (Lipinski definition) is 4. The Kier molecular flexibility index (Phi) is 6.88. The highest BCUT2D eigenvalue weighted by atomic mass is 16.5. The Balaban J connectivity index is 2.61. The summed E-state index contributed by atoms with van der Waals surface area (Å²) in [7, 11) is 0. The fourth-order valence-electron chi connectivity index (χ4n) is 2.06. The molecule has 0 fully saturated rings. The Hall–Kier alpha value is -1.88. The molecule has 0 atom stereocenters. The van der Waals surface area contributed by atoms with Crippen molar-refractivity contribution in [1.29, 1.82) is 0 Å². The lowest BCUT2D eigenvalue weighted by Crippen LogP contribution is -2.37. The molecule has 1 rings (SSSR count). The van der Waals surface area contributed by atoms with Crippen LogP contribution in [0.2, 0.25) is 0 Å². The highest BCUT2D eigenvalue weighted by Crippen LogP contribution is 2.19. The molecular formula is C16H24N2O3. The summed E-state index contributed by atoms with van der Waals surface area (Å²) in [4.78, 5) is 25.3. The number of amides is 1. The Morgan fingerprint density at radius 1 is 1.14 bits per heavy atom. The monoisotopic (exact) mass is 292 g/mol. The van der Waals surface area contributed by atoms with Crippen LogP contribution in [-0.2, 0) is 14.3 Å². The maximum absolute atomic E-state index is 12.1. The van der Waals surface area contributed by atoms with Crippen molar-refractivity contribution in [1.82, 2.24) is 4.90 Å². The average molecular weight is 292 g/mol. The summed E-state index contributed by atoms with van der Waals surface area (Å²) in [5.74, 6) is -0.433. The van der Waals surface area contributed by atoms with E-state index in [0.717, 1.165) is 16.8 Å².